The van der Waals surface area contributed by atoms with Gasteiger partial charge >= 0.3 is 0 Å². The summed E-state index contributed by atoms with van der Waals surface area (Å²) in [6.45, 7) is 3.77. The van der Waals surface area contributed by atoms with Gasteiger partial charge in [-0.05, 0) is 13.3 Å². The van der Waals surface area contributed by atoms with Crippen molar-refractivity contribution in [1.82, 2.24) is 0 Å². The predicted molar refractivity (Wildman–Crippen MR) is 45.9 cm³/mol. The first-order valence-corrected chi connectivity index (χ1v) is 3.99. The quantitative estimate of drug-likeness (QED) is 0.595. The van der Waals surface area contributed by atoms with E-state index in [0.717, 1.165) is 17.7 Å². The van der Waals surface area contributed by atoms with Crippen molar-refractivity contribution in [1.29, 1.82) is 0 Å². The standard InChI is InChI=1S/C8H10ClNO/c1-3-6-5(2)10-8(9)4-7(6)11/h3-4H2,1-2H3. The van der Waals surface area contributed by atoms with Crippen molar-refractivity contribution in [3.8, 4) is 0 Å². The third-order valence-corrected chi connectivity index (χ3v) is 1.94. The third kappa shape index (κ3) is 1.69. The molecule has 0 spiro atoms. The second-order valence-corrected chi connectivity index (χ2v) is 2.94. The number of carbonyl (C=O) groups is 1. The third-order valence-electron chi connectivity index (χ3n) is 1.72. The average molecular weight is 172 g/mol. The van der Waals surface area contributed by atoms with Gasteiger partial charge in [0.05, 0.1) is 6.42 Å². The fourth-order valence-electron chi connectivity index (χ4n) is 1.18. The van der Waals surface area contributed by atoms with Crippen LogP contribution < -0.4 is 0 Å². The highest BCUT2D eigenvalue weighted by atomic mass is 35.5. The van der Waals surface area contributed by atoms with Crippen molar-refractivity contribution in [3.63, 3.8) is 0 Å². The van der Waals surface area contributed by atoms with Crippen LogP contribution in [-0.4, -0.2) is 11.0 Å². The maximum atomic E-state index is 11.2. The number of ketones is 1. The van der Waals surface area contributed by atoms with E-state index in [1.54, 1.807) is 0 Å². The van der Waals surface area contributed by atoms with E-state index in [1.807, 2.05) is 13.8 Å². The van der Waals surface area contributed by atoms with Crippen molar-refractivity contribution in [2.24, 2.45) is 4.99 Å². The van der Waals surface area contributed by atoms with Gasteiger partial charge in [-0.2, -0.15) is 0 Å². The van der Waals surface area contributed by atoms with Gasteiger partial charge in [0.25, 0.3) is 0 Å². The molecule has 0 amide bonds. The minimum atomic E-state index is 0.116. The number of aliphatic imine (C=N–C) groups is 1. The van der Waals surface area contributed by atoms with Crippen molar-refractivity contribution in [3.05, 3.63) is 11.3 Å². The van der Waals surface area contributed by atoms with E-state index in [-0.39, 0.29) is 12.2 Å². The first-order chi connectivity index (χ1) is 5.15. The topological polar surface area (TPSA) is 29.4 Å². The Hall–Kier alpha value is -0.630. The lowest BCUT2D eigenvalue weighted by molar-refractivity contribution is -0.114. The lowest BCUT2D eigenvalue weighted by atomic mass is 10.0. The van der Waals surface area contributed by atoms with Crippen molar-refractivity contribution in [2.45, 2.75) is 26.7 Å². The SMILES string of the molecule is CCC1=C(C)N=C(Cl)CC1=O. The molecular weight excluding hydrogens is 162 g/mol. The molecule has 0 atom stereocenters. The molecule has 1 aliphatic heterocycles. The second-order valence-electron chi connectivity index (χ2n) is 2.51. The van der Waals surface area contributed by atoms with E-state index >= 15 is 0 Å². The summed E-state index contributed by atoms with van der Waals surface area (Å²) in [5.41, 5.74) is 1.59. The summed E-state index contributed by atoms with van der Waals surface area (Å²) < 4.78 is 0. The first-order valence-electron chi connectivity index (χ1n) is 3.61. The van der Waals surface area contributed by atoms with Crippen molar-refractivity contribution < 1.29 is 4.79 Å². The van der Waals surface area contributed by atoms with Crippen molar-refractivity contribution in [2.75, 3.05) is 0 Å². The maximum Gasteiger partial charge on any atom is 0.167 e. The van der Waals surface area contributed by atoms with E-state index in [2.05, 4.69) is 4.99 Å². The van der Waals surface area contributed by atoms with Gasteiger partial charge in [0.2, 0.25) is 0 Å². The molecule has 0 bridgehead atoms. The van der Waals surface area contributed by atoms with Crippen LogP contribution >= 0.6 is 11.6 Å². The Labute approximate surface area is 71.0 Å². The molecule has 3 heteroatoms. The lowest BCUT2D eigenvalue weighted by Crippen LogP contribution is -2.12. The van der Waals surface area contributed by atoms with Crippen LogP contribution in [0.1, 0.15) is 26.7 Å². The molecule has 0 aromatic carbocycles. The molecule has 0 N–H and O–H groups in total. The van der Waals surface area contributed by atoms with E-state index in [4.69, 9.17) is 11.6 Å². The summed E-state index contributed by atoms with van der Waals surface area (Å²) in [5, 5.41) is 0.407. The van der Waals surface area contributed by atoms with Gasteiger partial charge in [-0.1, -0.05) is 18.5 Å². The molecule has 1 heterocycles. The molecule has 0 fully saturated rings. The molecule has 1 aliphatic rings. The molecule has 11 heavy (non-hydrogen) atoms. The normalized spacial score (nSPS) is 18.8. The van der Waals surface area contributed by atoms with Crippen molar-refractivity contribution >= 4 is 22.6 Å². The highest BCUT2D eigenvalue weighted by Gasteiger charge is 2.17. The van der Waals surface area contributed by atoms with E-state index in [0.29, 0.717) is 5.17 Å². The fraction of sp³-hybridized carbons (Fsp3) is 0.500. The molecule has 0 unspecified atom stereocenters. The Morgan fingerprint density at radius 2 is 2.27 bits per heavy atom. The van der Waals surface area contributed by atoms with Gasteiger partial charge in [0, 0.05) is 11.3 Å². The van der Waals surface area contributed by atoms with Crippen LogP contribution in [0.25, 0.3) is 0 Å². The largest absolute Gasteiger partial charge is 0.294 e. The summed E-state index contributed by atoms with van der Waals surface area (Å²) in [5.74, 6) is 0.116. The van der Waals surface area contributed by atoms with Gasteiger partial charge in [0.15, 0.2) is 5.78 Å². The second kappa shape index (κ2) is 3.18. The monoisotopic (exact) mass is 171 g/mol. The lowest BCUT2D eigenvalue weighted by Gasteiger charge is -2.10. The molecular formula is C8H10ClNO. The number of nitrogens with zero attached hydrogens (tertiary/aromatic N) is 1. The summed E-state index contributed by atoms with van der Waals surface area (Å²) in [6.07, 6.45) is 1.03. The number of rotatable bonds is 1. The Morgan fingerprint density at radius 1 is 1.64 bits per heavy atom. The zero-order chi connectivity index (χ0) is 8.43. The smallest absolute Gasteiger partial charge is 0.167 e. The Kier molecular flexibility index (Phi) is 2.45. The van der Waals surface area contributed by atoms with Crippen LogP contribution in [0, 0.1) is 0 Å². The molecule has 0 aromatic heterocycles. The summed E-state index contributed by atoms with van der Waals surface area (Å²) in [7, 11) is 0. The number of carbonyl (C=O) groups excluding carboxylic acids is 1. The van der Waals surface area contributed by atoms with Crippen LogP contribution in [0.15, 0.2) is 16.3 Å². The first kappa shape index (κ1) is 8.47. The van der Waals surface area contributed by atoms with Crippen LogP contribution in [0.4, 0.5) is 0 Å². The number of allylic oxidation sites excluding steroid dienone is 2. The zero-order valence-electron chi connectivity index (χ0n) is 6.65. The van der Waals surface area contributed by atoms with Gasteiger partial charge in [-0.15, -0.1) is 0 Å². The van der Waals surface area contributed by atoms with Gasteiger partial charge in [-0.25, -0.2) is 4.99 Å². The van der Waals surface area contributed by atoms with Crippen LogP contribution in [0.2, 0.25) is 0 Å². The molecule has 2 nitrogen and oxygen atoms in total. The molecule has 0 aliphatic carbocycles. The maximum absolute atomic E-state index is 11.2. The summed E-state index contributed by atoms with van der Waals surface area (Å²) >= 11 is 5.62. The summed E-state index contributed by atoms with van der Waals surface area (Å²) in [4.78, 5) is 15.2. The van der Waals surface area contributed by atoms with Gasteiger partial charge < -0.3 is 0 Å². The highest BCUT2D eigenvalue weighted by molar-refractivity contribution is 6.67. The summed E-state index contributed by atoms with van der Waals surface area (Å²) in [6, 6.07) is 0. The van der Waals surface area contributed by atoms with E-state index < -0.39 is 0 Å². The number of hydrogen-bond acceptors (Lipinski definition) is 2. The highest BCUT2D eigenvalue weighted by Crippen LogP contribution is 2.19. The number of Topliss-reactive ketones (excluding diaryl/α,β-unsaturated/α-hetero) is 1. The van der Waals surface area contributed by atoms with E-state index in [9.17, 15) is 4.79 Å². The Morgan fingerprint density at radius 3 is 2.73 bits per heavy atom. The average Bonchev–Trinajstić information content (AvgIpc) is 1.85. The van der Waals surface area contributed by atoms with Gasteiger partial charge in [0.1, 0.15) is 5.17 Å². The number of halogens is 1. The Balaban J connectivity index is 3.02. The van der Waals surface area contributed by atoms with Gasteiger partial charge in [-0.3, -0.25) is 4.79 Å². The minimum absolute atomic E-state index is 0.116. The minimum Gasteiger partial charge on any atom is -0.294 e. The fourth-order valence-corrected chi connectivity index (χ4v) is 1.43. The zero-order valence-corrected chi connectivity index (χ0v) is 7.40. The molecule has 1 rings (SSSR count). The predicted octanol–water partition coefficient (Wildman–Crippen LogP) is 2.28. The van der Waals surface area contributed by atoms with Crippen LogP contribution in [0.5, 0.6) is 0 Å². The molecule has 0 aromatic rings. The molecule has 0 radical (unpaired) electrons. The molecule has 60 valence electrons. The number of hydrogen-bond donors (Lipinski definition) is 0. The van der Waals surface area contributed by atoms with Crippen LogP contribution in [0.3, 0.4) is 0 Å². The molecule has 0 saturated carbocycles. The van der Waals surface area contributed by atoms with E-state index in [1.165, 1.54) is 0 Å². The Bertz CT molecular complexity index is 253. The van der Waals surface area contributed by atoms with Crippen LogP contribution in [-0.2, 0) is 4.79 Å². The molecule has 0 saturated heterocycles.